The van der Waals surface area contributed by atoms with E-state index in [1.807, 2.05) is 25.2 Å². The molecule has 0 aromatic rings. The van der Waals surface area contributed by atoms with Crippen LogP contribution in [0, 0.1) is 0 Å². The van der Waals surface area contributed by atoms with Gasteiger partial charge in [0.15, 0.2) is 0 Å². The zero-order chi connectivity index (χ0) is 6.95. The molecule has 0 radical (unpaired) electrons. The summed E-state index contributed by atoms with van der Waals surface area (Å²) in [7, 11) is 0. The van der Waals surface area contributed by atoms with Gasteiger partial charge in [0, 0.05) is 0 Å². The third-order valence-corrected chi connectivity index (χ3v) is 0.951. The van der Waals surface area contributed by atoms with Gasteiger partial charge in [0.1, 0.15) is 0 Å². The molecule has 0 saturated heterocycles. The zero-order valence-corrected chi connectivity index (χ0v) is 6.22. The Morgan fingerprint density at radius 1 is 1.44 bits per heavy atom. The maximum atomic E-state index is 2.97. The Kier molecular flexibility index (Phi) is 6.66. The smallest absolute Gasteiger partial charge is 0.0206 e. The molecule has 50 valence electrons. The summed E-state index contributed by atoms with van der Waals surface area (Å²) >= 11 is 0. The molecule has 0 aromatic heterocycles. The lowest BCUT2D eigenvalue weighted by Gasteiger charge is -1.77. The van der Waals surface area contributed by atoms with E-state index in [0.717, 1.165) is 0 Å². The fraction of sp³-hybridized carbons (Fsp3) is 0.444. The van der Waals surface area contributed by atoms with Gasteiger partial charge in [-0.1, -0.05) is 25.5 Å². The quantitative estimate of drug-likeness (QED) is 0.398. The monoisotopic (exact) mass is 122 g/mol. The van der Waals surface area contributed by atoms with Crippen molar-refractivity contribution >= 4 is 0 Å². The number of unbranched alkanes of at least 4 members (excludes halogenated alkanes) is 1. The standard InChI is InChI=1S/C9H14/c1-3-5-7-9-8-6-4-2/h3,7-9H,4,6H2,1-2H3/b9-8+. The first-order valence-corrected chi connectivity index (χ1v) is 3.44. The Bertz CT molecular complexity index is 123. The maximum Gasteiger partial charge on any atom is -0.0206 e. The molecule has 0 rings (SSSR count). The fourth-order valence-electron chi connectivity index (χ4n) is 0.483. The third-order valence-electron chi connectivity index (χ3n) is 0.951. The van der Waals surface area contributed by atoms with Crippen LogP contribution >= 0.6 is 0 Å². The van der Waals surface area contributed by atoms with E-state index in [9.17, 15) is 0 Å². The molecule has 0 heteroatoms. The van der Waals surface area contributed by atoms with E-state index in [0.29, 0.717) is 0 Å². The molecule has 0 N–H and O–H groups in total. The van der Waals surface area contributed by atoms with Crippen LogP contribution in [-0.2, 0) is 0 Å². The molecule has 0 aliphatic carbocycles. The highest BCUT2D eigenvalue weighted by atomic mass is 13.7. The van der Waals surface area contributed by atoms with E-state index >= 15 is 0 Å². The highest BCUT2D eigenvalue weighted by Crippen LogP contribution is 1.87. The van der Waals surface area contributed by atoms with E-state index in [1.165, 1.54) is 12.8 Å². The predicted molar refractivity (Wildman–Crippen MR) is 42.4 cm³/mol. The Balaban J connectivity index is 3.35. The number of allylic oxidation sites excluding steroid dienone is 3. The van der Waals surface area contributed by atoms with Crippen LogP contribution in [0.15, 0.2) is 30.0 Å². The van der Waals surface area contributed by atoms with Gasteiger partial charge in [-0.15, -0.1) is 5.73 Å². The summed E-state index contributed by atoms with van der Waals surface area (Å²) in [5.74, 6) is 0. The maximum absolute atomic E-state index is 2.97. The molecule has 0 heterocycles. The Labute approximate surface area is 57.6 Å². The lowest BCUT2D eigenvalue weighted by molar-refractivity contribution is 0.959. The van der Waals surface area contributed by atoms with Crippen molar-refractivity contribution in [3.05, 3.63) is 30.0 Å². The Hall–Kier alpha value is -0.740. The van der Waals surface area contributed by atoms with Gasteiger partial charge < -0.3 is 0 Å². The molecular formula is C9H14. The molecule has 0 aliphatic heterocycles. The second kappa shape index (κ2) is 7.26. The molecule has 0 bridgehead atoms. The van der Waals surface area contributed by atoms with Crippen molar-refractivity contribution in [3.8, 4) is 0 Å². The first-order valence-electron chi connectivity index (χ1n) is 3.44. The van der Waals surface area contributed by atoms with Gasteiger partial charge >= 0.3 is 0 Å². The van der Waals surface area contributed by atoms with Crippen LogP contribution in [0.25, 0.3) is 0 Å². The average molecular weight is 122 g/mol. The number of hydrogen-bond acceptors (Lipinski definition) is 0. The van der Waals surface area contributed by atoms with Crippen LogP contribution in [0.3, 0.4) is 0 Å². The summed E-state index contributed by atoms with van der Waals surface area (Å²) in [5, 5.41) is 0. The first-order chi connectivity index (χ1) is 4.41. The van der Waals surface area contributed by atoms with Crippen LogP contribution in [0.5, 0.6) is 0 Å². The summed E-state index contributed by atoms with van der Waals surface area (Å²) in [5.41, 5.74) is 2.97. The van der Waals surface area contributed by atoms with Crippen molar-refractivity contribution in [3.63, 3.8) is 0 Å². The first kappa shape index (κ1) is 8.26. The molecule has 9 heavy (non-hydrogen) atoms. The molecule has 0 fully saturated rings. The molecule has 0 spiro atoms. The fourth-order valence-corrected chi connectivity index (χ4v) is 0.483. The molecule has 0 amide bonds. The summed E-state index contributed by atoms with van der Waals surface area (Å²) in [6, 6.07) is 0. The highest BCUT2D eigenvalue weighted by molar-refractivity contribution is 5.01. The lowest BCUT2D eigenvalue weighted by atomic mass is 10.3. The van der Waals surface area contributed by atoms with E-state index in [1.54, 1.807) is 0 Å². The minimum absolute atomic E-state index is 1.17. The summed E-state index contributed by atoms with van der Waals surface area (Å²) < 4.78 is 0. The van der Waals surface area contributed by atoms with Crippen LogP contribution in [0.2, 0.25) is 0 Å². The van der Waals surface area contributed by atoms with E-state index < -0.39 is 0 Å². The highest BCUT2D eigenvalue weighted by Gasteiger charge is 1.67. The van der Waals surface area contributed by atoms with Crippen molar-refractivity contribution in [2.75, 3.05) is 0 Å². The van der Waals surface area contributed by atoms with Crippen LogP contribution < -0.4 is 0 Å². The van der Waals surface area contributed by atoms with Gasteiger partial charge in [0.05, 0.1) is 0 Å². The summed E-state index contributed by atoms with van der Waals surface area (Å²) in [6.07, 6.45) is 10.4. The number of rotatable bonds is 3. The topological polar surface area (TPSA) is 0 Å². The Morgan fingerprint density at radius 3 is 2.78 bits per heavy atom. The molecule has 0 saturated carbocycles. The summed E-state index contributed by atoms with van der Waals surface area (Å²) in [6.45, 7) is 4.13. The van der Waals surface area contributed by atoms with Gasteiger partial charge in [0.2, 0.25) is 0 Å². The molecule has 0 unspecified atom stereocenters. The van der Waals surface area contributed by atoms with Crippen LogP contribution in [-0.4, -0.2) is 0 Å². The minimum atomic E-state index is 1.17. The normalized spacial score (nSPS) is 9.11. The van der Waals surface area contributed by atoms with Crippen molar-refractivity contribution < 1.29 is 0 Å². The predicted octanol–water partition coefficient (Wildman–Crippen LogP) is 3.07. The van der Waals surface area contributed by atoms with Crippen molar-refractivity contribution in [1.82, 2.24) is 0 Å². The van der Waals surface area contributed by atoms with E-state index in [-0.39, 0.29) is 0 Å². The second-order valence-electron chi connectivity index (χ2n) is 1.84. The molecule has 0 nitrogen and oxygen atoms in total. The lowest BCUT2D eigenvalue weighted by Crippen LogP contribution is -1.57. The average Bonchev–Trinajstić information content (AvgIpc) is 1.89. The van der Waals surface area contributed by atoms with Crippen molar-refractivity contribution in [1.29, 1.82) is 0 Å². The van der Waals surface area contributed by atoms with Gasteiger partial charge in [-0.3, -0.25) is 0 Å². The zero-order valence-electron chi connectivity index (χ0n) is 6.22. The molecule has 0 aromatic carbocycles. The van der Waals surface area contributed by atoms with Crippen LogP contribution in [0.4, 0.5) is 0 Å². The van der Waals surface area contributed by atoms with E-state index in [2.05, 4.69) is 18.7 Å². The number of hydrogen-bond donors (Lipinski definition) is 0. The van der Waals surface area contributed by atoms with Gasteiger partial charge in [-0.05, 0) is 25.5 Å². The second-order valence-corrected chi connectivity index (χ2v) is 1.84. The van der Waals surface area contributed by atoms with Crippen molar-refractivity contribution in [2.24, 2.45) is 0 Å². The molecule has 0 atom stereocenters. The largest absolute Gasteiger partial charge is 0.126 e. The minimum Gasteiger partial charge on any atom is -0.126 e. The third kappa shape index (κ3) is 7.26. The van der Waals surface area contributed by atoms with Gasteiger partial charge in [-0.2, -0.15) is 0 Å². The SMILES string of the molecule is CC=C=C/C=C/CCC. The van der Waals surface area contributed by atoms with E-state index in [4.69, 9.17) is 0 Å². The van der Waals surface area contributed by atoms with Crippen molar-refractivity contribution in [2.45, 2.75) is 26.7 Å². The Morgan fingerprint density at radius 2 is 2.22 bits per heavy atom. The van der Waals surface area contributed by atoms with Gasteiger partial charge in [0.25, 0.3) is 0 Å². The van der Waals surface area contributed by atoms with Gasteiger partial charge in [-0.25, -0.2) is 0 Å². The molecular weight excluding hydrogens is 108 g/mol. The molecule has 0 aliphatic rings. The summed E-state index contributed by atoms with van der Waals surface area (Å²) in [4.78, 5) is 0. The van der Waals surface area contributed by atoms with Crippen LogP contribution in [0.1, 0.15) is 26.7 Å².